The van der Waals surface area contributed by atoms with Gasteiger partial charge in [-0.25, -0.2) is 14.8 Å². The summed E-state index contributed by atoms with van der Waals surface area (Å²) >= 11 is 1.55. The zero-order chi connectivity index (χ0) is 26.5. The Bertz CT molecular complexity index is 1460. The van der Waals surface area contributed by atoms with Crippen LogP contribution in [0.25, 0.3) is 22.2 Å². The summed E-state index contributed by atoms with van der Waals surface area (Å²) in [5.41, 5.74) is 4.11. The van der Waals surface area contributed by atoms with Crippen LogP contribution in [0.4, 0.5) is 10.5 Å². The summed E-state index contributed by atoms with van der Waals surface area (Å²) in [6.45, 7) is 4.13. The average Bonchev–Trinajstić information content (AvgIpc) is 3.19. The van der Waals surface area contributed by atoms with Crippen LogP contribution in [0.5, 0.6) is 5.75 Å². The van der Waals surface area contributed by atoms with Crippen molar-refractivity contribution in [2.45, 2.75) is 50.4 Å². The third-order valence-corrected chi connectivity index (χ3v) is 7.24. The molecule has 0 aliphatic heterocycles. The molecule has 1 N–H and O–H groups in total. The van der Waals surface area contributed by atoms with Gasteiger partial charge in [0.25, 0.3) is 0 Å². The van der Waals surface area contributed by atoms with Gasteiger partial charge in [-0.1, -0.05) is 23.9 Å². The number of carbonyl (C=O) groups excluding carboxylic acids is 1. The largest absolute Gasteiger partial charge is 0.493 e. The summed E-state index contributed by atoms with van der Waals surface area (Å²) in [6, 6.07) is 18.1. The molecule has 2 aromatic carbocycles. The van der Waals surface area contributed by atoms with Crippen LogP contribution in [0.3, 0.4) is 0 Å². The number of ether oxygens (including phenoxy) is 2. The van der Waals surface area contributed by atoms with Crippen LogP contribution < -0.4 is 10.1 Å². The molecule has 0 bridgehead atoms. The third-order valence-electron chi connectivity index (χ3n) is 6.40. The van der Waals surface area contributed by atoms with E-state index in [4.69, 9.17) is 9.47 Å². The lowest BCUT2D eigenvalue weighted by molar-refractivity contribution is 0.130. The highest BCUT2D eigenvalue weighted by Gasteiger charge is 2.28. The van der Waals surface area contributed by atoms with E-state index in [9.17, 15) is 10.1 Å². The van der Waals surface area contributed by atoms with E-state index in [1.807, 2.05) is 42.5 Å². The molecule has 1 fully saturated rings. The van der Waals surface area contributed by atoms with Crippen molar-refractivity contribution >= 4 is 34.4 Å². The summed E-state index contributed by atoms with van der Waals surface area (Å²) in [4.78, 5) is 20.4. The van der Waals surface area contributed by atoms with Crippen LogP contribution in [0.1, 0.15) is 44.7 Å². The normalized spacial score (nSPS) is 13.2. The number of hydrogen-bond donors (Lipinski definition) is 1. The van der Waals surface area contributed by atoms with Gasteiger partial charge in [0.1, 0.15) is 11.8 Å². The minimum Gasteiger partial charge on any atom is -0.493 e. The van der Waals surface area contributed by atoms with Crippen molar-refractivity contribution in [1.82, 2.24) is 14.5 Å². The highest BCUT2D eigenvalue weighted by Crippen LogP contribution is 2.43. The number of nitrogens with zero attached hydrogens (tertiary/aromatic N) is 4. The van der Waals surface area contributed by atoms with Crippen LogP contribution in [0.2, 0.25) is 0 Å². The zero-order valence-electron chi connectivity index (χ0n) is 21.4. The molecular formula is C29H29N5O3S. The Morgan fingerprint density at radius 1 is 1.18 bits per heavy atom. The van der Waals surface area contributed by atoms with E-state index in [1.54, 1.807) is 44.1 Å². The van der Waals surface area contributed by atoms with E-state index >= 15 is 0 Å². The SMILES string of the molecule is CC(C)OC(=O)Nc1ccc(-c2c(C#N)c3ccc(OCCSc4ncccn4)cc3n2C2CCC2)cc1. The molecule has 9 heteroatoms. The summed E-state index contributed by atoms with van der Waals surface area (Å²) in [5.74, 6) is 1.50. The Hall–Kier alpha value is -4.03. The number of benzene rings is 2. The summed E-state index contributed by atoms with van der Waals surface area (Å²) in [5, 5.41) is 14.6. The molecular weight excluding hydrogens is 498 g/mol. The number of amides is 1. The highest BCUT2D eigenvalue weighted by molar-refractivity contribution is 7.99. The van der Waals surface area contributed by atoms with Crippen molar-refractivity contribution in [2.24, 2.45) is 0 Å². The Labute approximate surface area is 226 Å². The standard InChI is InChI=1S/C29H29N5O3S/c1-19(2)37-29(35)33-21-9-7-20(8-10-21)27-25(18-30)24-12-11-23(17-26(24)34(27)22-5-3-6-22)36-15-16-38-28-31-13-4-14-32-28/h4,7-14,17,19,22H,3,5-6,15-16H2,1-2H3,(H,33,35). The molecule has 1 aliphatic carbocycles. The predicted octanol–water partition coefficient (Wildman–Crippen LogP) is 6.82. The summed E-state index contributed by atoms with van der Waals surface area (Å²) in [7, 11) is 0. The van der Waals surface area contributed by atoms with Crippen molar-refractivity contribution < 1.29 is 14.3 Å². The van der Waals surface area contributed by atoms with Crippen molar-refractivity contribution in [3.05, 3.63) is 66.5 Å². The lowest BCUT2D eigenvalue weighted by atomic mass is 9.92. The molecule has 38 heavy (non-hydrogen) atoms. The smallest absolute Gasteiger partial charge is 0.411 e. The van der Waals surface area contributed by atoms with E-state index < -0.39 is 6.09 Å². The maximum Gasteiger partial charge on any atom is 0.411 e. The molecule has 5 rings (SSSR count). The van der Waals surface area contributed by atoms with Gasteiger partial charge in [0.2, 0.25) is 0 Å². The maximum atomic E-state index is 12.0. The van der Waals surface area contributed by atoms with Gasteiger partial charge in [-0.15, -0.1) is 0 Å². The second kappa shape index (κ2) is 11.6. The average molecular weight is 528 g/mol. The monoisotopic (exact) mass is 527 g/mol. The Kier molecular flexibility index (Phi) is 7.80. The number of fused-ring (bicyclic) bond motifs is 1. The molecule has 0 unspecified atom stereocenters. The van der Waals surface area contributed by atoms with Crippen LogP contribution >= 0.6 is 11.8 Å². The van der Waals surface area contributed by atoms with Gasteiger partial charge in [-0.3, -0.25) is 5.32 Å². The van der Waals surface area contributed by atoms with Gasteiger partial charge >= 0.3 is 6.09 Å². The van der Waals surface area contributed by atoms with E-state index in [-0.39, 0.29) is 6.10 Å². The van der Waals surface area contributed by atoms with Gasteiger partial charge in [-0.05, 0) is 69.0 Å². The molecule has 0 spiro atoms. The molecule has 1 aliphatic rings. The first kappa shape index (κ1) is 25.6. The Morgan fingerprint density at radius 3 is 2.61 bits per heavy atom. The Balaban J connectivity index is 1.41. The molecule has 0 atom stereocenters. The molecule has 194 valence electrons. The predicted molar refractivity (Wildman–Crippen MR) is 148 cm³/mol. The first-order valence-electron chi connectivity index (χ1n) is 12.7. The second-order valence-corrected chi connectivity index (χ2v) is 10.4. The summed E-state index contributed by atoms with van der Waals surface area (Å²) < 4.78 is 13.5. The van der Waals surface area contributed by atoms with E-state index in [0.29, 0.717) is 23.9 Å². The molecule has 1 amide bonds. The lowest BCUT2D eigenvalue weighted by Crippen LogP contribution is -2.18. The molecule has 0 radical (unpaired) electrons. The van der Waals surface area contributed by atoms with Crippen LogP contribution in [0, 0.1) is 11.3 Å². The third kappa shape index (κ3) is 5.60. The molecule has 2 aromatic heterocycles. The van der Waals surface area contributed by atoms with Gasteiger partial charge in [0.05, 0.1) is 29.5 Å². The van der Waals surface area contributed by atoms with Crippen molar-refractivity contribution in [3.63, 3.8) is 0 Å². The number of hydrogen-bond acceptors (Lipinski definition) is 7. The summed E-state index contributed by atoms with van der Waals surface area (Å²) in [6.07, 6.45) is 6.08. The maximum absolute atomic E-state index is 12.0. The Morgan fingerprint density at radius 2 is 1.95 bits per heavy atom. The topological polar surface area (TPSA) is 102 Å². The van der Waals surface area contributed by atoms with Crippen molar-refractivity contribution in [1.29, 1.82) is 5.26 Å². The van der Waals surface area contributed by atoms with Crippen molar-refractivity contribution in [2.75, 3.05) is 17.7 Å². The molecule has 0 saturated heterocycles. The van der Waals surface area contributed by atoms with Crippen LogP contribution in [0.15, 0.2) is 66.1 Å². The minimum atomic E-state index is -0.490. The van der Waals surface area contributed by atoms with E-state index in [0.717, 1.165) is 51.7 Å². The first-order chi connectivity index (χ1) is 18.5. The van der Waals surface area contributed by atoms with E-state index in [2.05, 4.69) is 25.9 Å². The second-order valence-electron chi connectivity index (χ2n) is 9.35. The minimum absolute atomic E-state index is 0.198. The zero-order valence-corrected chi connectivity index (χ0v) is 22.2. The number of aromatic nitrogens is 3. The van der Waals surface area contributed by atoms with Crippen molar-refractivity contribution in [3.8, 4) is 23.1 Å². The fourth-order valence-electron chi connectivity index (χ4n) is 4.53. The number of nitrogens with one attached hydrogen (secondary N) is 1. The number of thioether (sulfide) groups is 1. The van der Waals surface area contributed by atoms with Gasteiger partial charge in [-0.2, -0.15) is 5.26 Å². The fraction of sp³-hybridized carbons (Fsp3) is 0.310. The van der Waals surface area contributed by atoms with E-state index in [1.165, 1.54) is 6.42 Å². The number of carbonyl (C=O) groups is 1. The van der Waals surface area contributed by atoms with Crippen LogP contribution in [-0.2, 0) is 4.74 Å². The fourth-order valence-corrected chi connectivity index (χ4v) is 5.15. The number of anilines is 1. The molecule has 1 saturated carbocycles. The lowest BCUT2D eigenvalue weighted by Gasteiger charge is -2.30. The quantitative estimate of drug-likeness (QED) is 0.145. The molecule has 2 heterocycles. The van der Waals surface area contributed by atoms with Gasteiger partial charge in [0, 0.05) is 41.3 Å². The molecule has 8 nitrogen and oxygen atoms in total. The highest BCUT2D eigenvalue weighted by atomic mass is 32.2. The van der Waals surface area contributed by atoms with Gasteiger partial charge < -0.3 is 14.0 Å². The van der Waals surface area contributed by atoms with Crippen LogP contribution in [-0.4, -0.2) is 39.1 Å². The number of nitriles is 1. The number of rotatable bonds is 9. The first-order valence-corrected chi connectivity index (χ1v) is 13.7. The molecule has 4 aromatic rings. The van der Waals surface area contributed by atoms with Gasteiger partial charge in [0.15, 0.2) is 5.16 Å².